The third-order valence-corrected chi connectivity index (χ3v) is 2.84. The smallest absolute Gasteiger partial charge is 0.252 e. The molecule has 0 atom stereocenters. The first-order valence-corrected chi connectivity index (χ1v) is 5.46. The van der Waals surface area contributed by atoms with Crippen molar-refractivity contribution in [3.63, 3.8) is 0 Å². The van der Waals surface area contributed by atoms with Gasteiger partial charge in [0.05, 0.1) is 5.56 Å². The highest BCUT2D eigenvalue weighted by atomic mass is 16.1. The number of aromatic nitrogens is 1. The van der Waals surface area contributed by atoms with Gasteiger partial charge < -0.3 is 15.6 Å². The lowest BCUT2D eigenvalue weighted by atomic mass is 10.1. The molecule has 3 N–H and O–H groups in total. The van der Waals surface area contributed by atoms with Crippen LogP contribution in [-0.2, 0) is 0 Å². The maximum atomic E-state index is 11.3. The fourth-order valence-electron chi connectivity index (χ4n) is 2.03. The molecule has 1 fully saturated rings. The molecule has 86 valence electrons. The lowest BCUT2D eigenvalue weighted by molar-refractivity contribution is 0.100. The Morgan fingerprint density at radius 3 is 2.56 bits per heavy atom. The van der Waals surface area contributed by atoms with Gasteiger partial charge in [-0.1, -0.05) is 0 Å². The summed E-state index contributed by atoms with van der Waals surface area (Å²) in [5.41, 5.74) is 5.47. The highest BCUT2D eigenvalue weighted by Gasteiger charge is 2.17. The Morgan fingerprint density at radius 2 is 1.94 bits per heavy atom. The minimum absolute atomic E-state index is 0.203. The lowest BCUT2D eigenvalue weighted by Gasteiger charge is -2.29. The Hall–Kier alpha value is -1.78. The lowest BCUT2D eigenvalue weighted by Crippen LogP contribution is -2.33. The molecule has 1 aromatic heterocycles. The number of rotatable bonds is 2. The van der Waals surface area contributed by atoms with Crippen molar-refractivity contribution in [3.05, 3.63) is 28.0 Å². The molecule has 0 spiro atoms. The molecule has 0 aromatic carbocycles. The van der Waals surface area contributed by atoms with Gasteiger partial charge in [0.1, 0.15) is 5.82 Å². The van der Waals surface area contributed by atoms with Crippen molar-refractivity contribution in [2.24, 2.45) is 5.73 Å². The van der Waals surface area contributed by atoms with E-state index in [0.29, 0.717) is 11.4 Å². The summed E-state index contributed by atoms with van der Waals surface area (Å²) in [6, 6.07) is 2.82. The number of carbonyl (C=O) groups is 1. The topological polar surface area (TPSA) is 79.2 Å². The van der Waals surface area contributed by atoms with Gasteiger partial charge >= 0.3 is 0 Å². The molecule has 0 unspecified atom stereocenters. The fraction of sp³-hybridized carbons (Fsp3) is 0.455. The Morgan fingerprint density at radius 1 is 1.25 bits per heavy atom. The second-order valence-electron chi connectivity index (χ2n) is 4.00. The largest absolute Gasteiger partial charge is 0.365 e. The zero-order valence-electron chi connectivity index (χ0n) is 9.03. The van der Waals surface area contributed by atoms with E-state index < -0.39 is 5.91 Å². The Bertz CT molecular complexity index is 447. The van der Waals surface area contributed by atoms with Crippen molar-refractivity contribution < 1.29 is 4.79 Å². The van der Waals surface area contributed by atoms with Crippen molar-refractivity contribution in [3.8, 4) is 0 Å². The molecule has 2 rings (SSSR count). The highest BCUT2D eigenvalue weighted by molar-refractivity contribution is 5.97. The van der Waals surface area contributed by atoms with Crippen LogP contribution >= 0.6 is 0 Å². The van der Waals surface area contributed by atoms with Crippen LogP contribution in [0.5, 0.6) is 0 Å². The van der Waals surface area contributed by atoms with Crippen LogP contribution in [0.3, 0.4) is 0 Å². The number of piperidine rings is 1. The normalized spacial score (nSPS) is 16.1. The van der Waals surface area contributed by atoms with Crippen LogP contribution in [0.2, 0.25) is 0 Å². The van der Waals surface area contributed by atoms with E-state index in [1.807, 2.05) is 4.90 Å². The van der Waals surface area contributed by atoms with Crippen LogP contribution in [0.4, 0.5) is 5.82 Å². The van der Waals surface area contributed by atoms with Crippen LogP contribution in [0.15, 0.2) is 16.9 Å². The van der Waals surface area contributed by atoms with E-state index in [9.17, 15) is 9.59 Å². The molecule has 5 heteroatoms. The van der Waals surface area contributed by atoms with E-state index in [2.05, 4.69) is 4.98 Å². The standard InChI is InChI=1S/C11H15N3O2/c12-10(16)8-4-5-9(15)13-11(8)14-6-2-1-3-7-14/h4-5H,1-3,6-7H2,(H2,12,16)(H,13,15). The summed E-state index contributed by atoms with van der Waals surface area (Å²) < 4.78 is 0. The van der Waals surface area contributed by atoms with E-state index in [0.717, 1.165) is 25.9 Å². The first-order chi connectivity index (χ1) is 7.68. The number of hydrogen-bond acceptors (Lipinski definition) is 3. The van der Waals surface area contributed by atoms with Gasteiger partial charge in [-0.2, -0.15) is 0 Å². The average Bonchev–Trinajstić information content (AvgIpc) is 2.29. The van der Waals surface area contributed by atoms with Gasteiger partial charge in [0.15, 0.2) is 0 Å². The molecule has 0 aliphatic carbocycles. The maximum Gasteiger partial charge on any atom is 0.252 e. The van der Waals surface area contributed by atoms with Gasteiger partial charge in [0.2, 0.25) is 5.56 Å². The Labute approximate surface area is 93.3 Å². The molecule has 1 aromatic rings. The van der Waals surface area contributed by atoms with Crippen molar-refractivity contribution in [1.29, 1.82) is 0 Å². The molecule has 16 heavy (non-hydrogen) atoms. The summed E-state index contributed by atoms with van der Waals surface area (Å²) in [6.07, 6.45) is 3.35. The molecule has 0 saturated carbocycles. The number of nitrogens with one attached hydrogen (secondary N) is 1. The van der Waals surface area contributed by atoms with Crippen molar-refractivity contribution in [1.82, 2.24) is 4.98 Å². The zero-order valence-corrected chi connectivity index (χ0v) is 9.03. The van der Waals surface area contributed by atoms with Gasteiger partial charge in [-0.25, -0.2) is 0 Å². The number of hydrogen-bond donors (Lipinski definition) is 2. The van der Waals surface area contributed by atoms with E-state index in [1.165, 1.54) is 18.6 Å². The molecule has 1 aliphatic heterocycles. The van der Waals surface area contributed by atoms with Gasteiger partial charge in [-0.15, -0.1) is 0 Å². The molecule has 5 nitrogen and oxygen atoms in total. The predicted molar refractivity (Wildman–Crippen MR) is 61.6 cm³/mol. The number of pyridine rings is 1. The van der Waals surface area contributed by atoms with Crippen LogP contribution in [-0.4, -0.2) is 24.0 Å². The molecule has 0 radical (unpaired) electrons. The monoisotopic (exact) mass is 221 g/mol. The van der Waals surface area contributed by atoms with Gasteiger partial charge in [0.25, 0.3) is 5.91 Å². The van der Waals surface area contributed by atoms with E-state index in [-0.39, 0.29) is 5.56 Å². The quantitative estimate of drug-likeness (QED) is 0.761. The van der Waals surface area contributed by atoms with Gasteiger partial charge in [-0.05, 0) is 25.3 Å². The summed E-state index contributed by atoms with van der Waals surface area (Å²) >= 11 is 0. The van der Waals surface area contributed by atoms with Crippen LogP contribution in [0, 0.1) is 0 Å². The summed E-state index contributed by atoms with van der Waals surface area (Å²) in [5, 5.41) is 0. The number of carbonyl (C=O) groups excluding carboxylic acids is 1. The maximum absolute atomic E-state index is 11.3. The van der Waals surface area contributed by atoms with Crippen molar-refractivity contribution in [2.45, 2.75) is 19.3 Å². The summed E-state index contributed by atoms with van der Waals surface area (Å²) in [4.78, 5) is 27.2. The third-order valence-electron chi connectivity index (χ3n) is 2.84. The second-order valence-corrected chi connectivity index (χ2v) is 4.00. The second kappa shape index (κ2) is 4.38. The minimum atomic E-state index is -0.503. The van der Waals surface area contributed by atoms with E-state index in [4.69, 9.17) is 5.73 Å². The number of amides is 1. The van der Waals surface area contributed by atoms with Crippen LogP contribution < -0.4 is 16.2 Å². The van der Waals surface area contributed by atoms with E-state index in [1.54, 1.807) is 0 Å². The number of aromatic amines is 1. The molecule has 1 amide bonds. The summed E-state index contributed by atoms with van der Waals surface area (Å²) in [6.45, 7) is 1.72. The van der Waals surface area contributed by atoms with Crippen molar-refractivity contribution in [2.75, 3.05) is 18.0 Å². The van der Waals surface area contributed by atoms with Gasteiger partial charge in [-0.3, -0.25) is 9.59 Å². The number of nitrogens with zero attached hydrogens (tertiary/aromatic N) is 1. The minimum Gasteiger partial charge on any atom is -0.365 e. The Balaban J connectivity index is 2.40. The average molecular weight is 221 g/mol. The SMILES string of the molecule is NC(=O)c1ccc(=O)[nH]c1N1CCCCC1. The fourth-order valence-corrected chi connectivity index (χ4v) is 2.03. The molecule has 2 heterocycles. The number of primary amides is 1. The van der Waals surface area contributed by atoms with Crippen LogP contribution in [0.25, 0.3) is 0 Å². The van der Waals surface area contributed by atoms with Crippen LogP contribution in [0.1, 0.15) is 29.6 Å². The first kappa shape index (κ1) is 10.7. The Kier molecular flexibility index (Phi) is 2.94. The highest BCUT2D eigenvalue weighted by Crippen LogP contribution is 2.19. The molecule has 0 bridgehead atoms. The molecule has 1 aliphatic rings. The van der Waals surface area contributed by atoms with Gasteiger partial charge in [0, 0.05) is 19.2 Å². The molecular formula is C11H15N3O2. The molecule has 1 saturated heterocycles. The van der Waals surface area contributed by atoms with E-state index >= 15 is 0 Å². The molecular weight excluding hydrogens is 206 g/mol. The number of anilines is 1. The summed E-state index contributed by atoms with van der Waals surface area (Å²) in [7, 11) is 0. The first-order valence-electron chi connectivity index (χ1n) is 5.46. The summed E-state index contributed by atoms with van der Waals surface area (Å²) in [5.74, 6) is 0.0662. The van der Waals surface area contributed by atoms with Crippen molar-refractivity contribution >= 4 is 11.7 Å². The third kappa shape index (κ3) is 2.08. The number of H-pyrrole nitrogens is 1. The number of nitrogens with two attached hydrogens (primary N) is 1. The predicted octanol–water partition coefficient (Wildman–Crippen LogP) is 0.464. The zero-order chi connectivity index (χ0) is 11.5.